The van der Waals surface area contributed by atoms with Gasteiger partial charge >= 0.3 is 0 Å². The van der Waals surface area contributed by atoms with Gasteiger partial charge in [-0.15, -0.1) is 0 Å². The van der Waals surface area contributed by atoms with Crippen molar-refractivity contribution in [2.24, 2.45) is 0 Å². The second kappa shape index (κ2) is 8.74. The fraction of sp³-hybridized carbons (Fsp3) is 0.375. The van der Waals surface area contributed by atoms with Crippen molar-refractivity contribution in [1.82, 2.24) is 9.80 Å². The number of hydrogen-bond acceptors (Lipinski definition) is 7. The highest BCUT2D eigenvalue weighted by Gasteiger charge is 2.45. The lowest BCUT2D eigenvalue weighted by atomic mass is 10.1. The third-order valence-corrected chi connectivity index (χ3v) is 6.30. The molecule has 0 aliphatic carbocycles. The Morgan fingerprint density at radius 3 is 2.42 bits per heavy atom. The van der Waals surface area contributed by atoms with Crippen LogP contribution in [0.2, 0.25) is 0 Å². The lowest BCUT2D eigenvalue weighted by molar-refractivity contribution is -0.143. The number of anilines is 1. The van der Waals surface area contributed by atoms with Gasteiger partial charge in [0.05, 0.1) is 25.3 Å². The van der Waals surface area contributed by atoms with Crippen LogP contribution in [0.25, 0.3) is 0 Å². The number of benzene rings is 2. The molecule has 9 heteroatoms. The molecule has 2 aromatic rings. The van der Waals surface area contributed by atoms with Crippen LogP contribution in [0.1, 0.15) is 6.42 Å². The van der Waals surface area contributed by atoms with E-state index in [-0.39, 0.29) is 30.7 Å². The summed E-state index contributed by atoms with van der Waals surface area (Å²) in [6.07, 6.45) is -0.580. The molecule has 33 heavy (non-hydrogen) atoms. The summed E-state index contributed by atoms with van der Waals surface area (Å²) in [5.41, 5.74) is 0.459. The van der Waals surface area contributed by atoms with Crippen LogP contribution in [0.15, 0.2) is 48.5 Å². The van der Waals surface area contributed by atoms with Crippen LogP contribution in [0.3, 0.4) is 0 Å². The number of carbonyl (C=O) groups is 3. The van der Waals surface area contributed by atoms with E-state index in [1.54, 1.807) is 35.2 Å². The fourth-order valence-electron chi connectivity index (χ4n) is 4.57. The van der Waals surface area contributed by atoms with Crippen LogP contribution in [0, 0.1) is 0 Å². The van der Waals surface area contributed by atoms with Gasteiger partial charge in [-0.2, -0.15) is 0 Å². The highest BCUT2D eigenvalue weighted by atomic mass is 16.6. The molecule has 2 unspecified atom stereocenters. The molecule has 0 radical (unpaired) electrons. The van der Waals surface area contributed by atoms with Gasteiger partial charge in [-0.3, -0.25) is 19.3 Å². The summed E-state index contributed by atoms with van der Waals surface area (Å²) < 4.78 is 16.8. The Morgan fingerprint density at radius 2 is 1.67 bits per heavy atom. The predicted molar refractivity (Wildman–Crippen MR) is 118 cm³/mol. The van der Waals surface area contributed by atoms with Gasteiger partial charge < -0.3 is 19.1 Å². The molecule has 9 nitrogen and oxygen atoms in total. The number of imide groups is 1. The SMILES string of the molecule is COc1ccccc1N1C(=O)CC(N2CCN(C(=O)C3COc4ccccc4O3)CC2)C1=O. The number of methoxy groups -OCH3 is 1. The third-order valence-electron chi connectivity index (χ3n) is 6.30. The Morgan fingerprint density at radius 1 is 0.970 bits per heavy atom. The van der Waals surface area contributed by atoms with Crippen molar-refractivity contribution >= 4 is 23.4 Å². The largest absolute Gasteiger partial charge is 0.495 e. The number of carbonyl (C=O) groups excluding carboxylic acids is 3. The topological polar surface area (TPSA) is 88.6 Å². The molecule has 3 amide bonds. The van der Waals surface area contributed by atoms with Gasteiger partial charge in [0.1, 0.15) is 12.4 Å². The van der Waals surface area contributed by atoms with Crippen LogP contribution in [0.5, 0.6) is 17.2 Å². The van der Waals surface area contributed by atoms with E-state index in [4.69, 9.17) is 14.2 Å². The summed E-state index contributed by atoms with van der Waals surface area (Å²) >= 11 is 0. The quantitative estimate of drug-likeness (QED) is 0.648. The first-order chi connectivity index (χ1) is 16.1. The molecule has 172 valence electrons. The highest BCUT2D eigenvalue weighted by Crippen LogP contribution is 2.34. The number of amides is 3. The van der Waals surface area contributed by atoms with E-state index in [0.29, 0.717) is 49.1 Å². The van der Waals surface area contributed by atoms with Crippen LogP contribution >= 0.6 is 0 Å². The average molecular weight is 451 g/mol. The summed E-state index contributed by atoms with van der Waals surface area (Å²) in [6, 6.07) is 13.7. The molecule has 2 saturated heterocycles. The first kappa shape index (κ1) is 21.3. The Bertz CT molecular complexity index is 1080. The molecule has 0 N–H and O–H groups in total. The zero-order chi connectivity index (χ0) is 22.9. The molecule has 3 heterocycles. The van der Waals surface area contributed by atoms with Crippen molar-refractivity contribution in [3.63, 3.8) is 0 Å². The summed E-state index contributed by atoms with van der Waals surface area (Å²) in [6.45, 7) is 2.07. The van der Waals surface area contributed by atoms with Crippen molar-refractivity contribution in [2.45, 2.75) is 18.6 Å². The molecular formula is C24H25N3O6. The molecule has 0 aromatic heterocycles. The van der Waals surface area contributed by atoms with E-state index in [1.165, 1.54) is 12.0 Å². The number of nitrogens with zero attached hydrogens (tertiary/aromatic N) is 3. The smallest absolute Gasteiger partial charge is 0.267 e. The van der Waals surface area contributed by atoms with Crippen molar-refractivity contribution < 1.29 is 28.6 Å². The van der Waals surface area contributed by atoms with E-state index in [0.717, 1.165) is 0 Å². The zero-order valence-corrected chi connectivity index (χ0v) is 18.3. The van der Waals surface area contributed by atoms with Crippen molar-refractivity contribution in [2.75, 3.05) is 44.8 Å². The minimum Gasteiger partial charge on any atom is -0.495 e. The average Bonchev–Trinajstić information content (AvgIpc) is 3.16. The zero-order valence-electron chi connectivity index (χ0n) is 18.3. The molecule has 2 fully saturated rings. The molecular weight excluding hydrogens is 426 g/mol. The van der Waals surface area contributed by atoms with Gasteiger partial charge in [0.2, 0.25) is 12.0 Å². The minimum absolute atomic E-state index is 0.112. The van der Waals surface area contributed by atoms with Gasteiger partial charge in [0, 0.05) is 26.2 Å². The number of fused-ring (bicyclic) bond motifs is 1. The van der Waals surface area contributed by atoms with Crippen molar-refractivity contribution in [3.05, 3.63) is 48.5 Å². The molecule has 2 aromatic carbocycles. The molecule has 0 bridgehead atoms. The van der Waals surface area contributed by atoms with Crippen LogP contribution < -0.4 is 19.1 Å². The monoisotopic (exact) mass is 451 g/mol. The Hall–Kier alpha value is -3.59. The molecule has 3 aliphatic heterocycles. The lowest BCUT2D eigenvalue weighted by Gasteiger charge is -2.38. The minimum atomic E-state index is -0.692. The molecule has 5 rings (SSSR count). The predicted octanol–water partition coefficient (Wildman–Crippen LogP) is 1.31. The Kier molecular flexibility index (Phi) is 5.63. The van der Waals surface area contributed by atoms with E-state index in [9.17, 15) is 14.4 Å². The number of hydrogen-bond donors (Lipinski definition) is 0. The molecule has 0 saturated carbocycles. The fourth-order valence-corrected chi connectivity index (χ4v) is 4.57. The van der Waals surface area contributed by atoms with Gasteiger partial charge in [-0.25, -0.2) is 4.90 Å². The number of para-hydroxylation sites is 4. The van der Waals surface area contributed by atoms with Crippen LogP contribution in [-0.2, 0) is 14.4 Å². The second-order valence-electron chi connectivity index (χ2n) is 8.18. The summed E-state index contributed by atoms with van der Waals surface area (Å²) in [5, 5.41) is 0. The van der Waals surface area contributed by atoms with E-state index >= 15 is 0 Å². The van der Waals surface area contributed by atoms with Gasteiger partial charge in [-0.1, -0.05) is 24.3 Å². The lowest BCUT2D eigenvalue weighted by Crippen LogP contribution is -2.57. The van der Waals surface area contributed by atoms with Gasteiger partial charge in [0.15, 0.2) is 11.5 Å². The molecule has 3 aliphatic rings. The van der Waals surface area contributed by atoms with E-state index in [1.807, 2.05) is 23.1 Å². The van der Waals surface area contributed by atoms with Gasteiger partial charge in [-0.05, 0) is 24.3 Å². The number of ether oxygens (including phenoxy) is 3. The normalized spacial score (nSPS) is 23.1. The first-order valence-electron chi connectivity index (χ1n) is 11.0. The van der Waals surface area contributed by atoms with Crippen LogP contribution in [0.4, 0.5) is 5.69 Å². The number of rotatable bonds is 4. The van der Waals surface area contributed by atoms with Crippen molar-refractivity contribution in [3.8, 4) is 17.2 Å². The van der Waals surface area contributed by atoms with Gasteiger partial charge in [0.25, 0.3) is 11.8 Å². The summed E-state index contributed by atoms with van der Waals surface area (Å²) in [7, 11) is 1.51. The molecule has 0 spiro atoms. The highest BCUT2D eigenvalue weighted by molar-refractivity contribution is 6.23. The van der Waals surface area contributed by atoms with Crippen LogP contribution in [-0.4, -0.2) is 79.6 Å². The summed E-state index contributed by atoms with van der Waals surface area (Å²) in [5.74, 6) is 1.03. The molecule has 2 atom stereocenters. The first-order valence-corrected chi connectivity index (χ1v) is 11.0. The third kappa shape index (κ3) is 3.89. The standard InChI is InChI=1S/C24H25N3O6/c1-31-18-7-3-2-6-16(18)27-22(28)14-17(23(27)29)25-10-12-26(13-11-25)24(30)21-15-32-19-8-4-5-9-20(19)33-21/h2-9,17,21H,10-15H2,1H3. The number of piperazine rings is 1. The maximum absolute atomic E-state index is 13.2. The Labute approximate surface area is 191 Å². The Balaban J connectivity index is 1.21. The van der Waals surface area contributed by atoms with E-state index in [2.05, 4.69) is 0 Å². The maximum Gasteiger partial charge on any atom is 0.267 e. The van der Waals surface area contributed by atoms with Crippen molar-refractivity contribution in [1.29, 1.82) is 0 Å². The summed E-state index contributed by atoms with van der Waals surface area (Å²) in [4.78, 5) is 43.8. The van der Waals surface area contributed by atoms with E-state index < -0.39 is 12.1 Å². The maximum atomic E-state index is 13.2. The second-order valence-corrected chi connectivity index (χ2v) is 8.18.